The fourth-order valence-electron chi connectivity index (χ4n) is 2.44. The molecular weight excluding hydrogens is 220 g/mol. The van der Waals surface area contributed by atoms with Crippen molar-refractivity contribution in [3.8, 4) is 0 Å². The lowest BCUT2D eigenvalue weighted by molar-refractivity contribution is -0.168. The lowest BCUT2D eigenvalue weighted by Gasteiger charge is -2.34. The monoisotopic (exact) mass is 242 g/mol. The molecule has 0 heterocycles. The third kappa shape index (κ3) is 4.75. The number of hydrogen-bond acceptors (Lipinski definition) is 4. The summed E-state index contributed by atoms with van der Waals surface area (Å²) in [6.45, 7) is 6.65. The van der Waals surface area contributed by atoms with Gasteiger partial charge in [-0.1, -0.05) is 20.3 Å². The topological polar surface area (TPSA) is 52.6 Å². The minimum Gasteiger partial charge on any atom is -0.458 e. The molecule has 0 spiro atoms. The van der Waals surface area contributed by atoms with E-state index in [1.807, 2.05) is 0 Å². The van der Waals surface area contributed by atoms with Crippen LogP contribution in [0.15, 0.2) is 0 Å². The summed E-state index contributed by atoms with van der Waals surface area (Å²) in [7, 11) is 0. The summed E-state index contributed by atoms with van der Waals surface area (Å²) in [6, 6.07) is 0. The third-order valence-electron chi connectivity index (χ3n) is 3.20. The minimum absolute atomic E-state index is 0.199. The van der Waals surface area contributed by atoms with Crippen molar-refractivity contribution < 1.29 is 19.1 Å². The van der Waals surface area contributed by atoms with Gasteiger partial charge in [0.05, 0.1) is 13.2 Å². The Balaban J connectivity index is 2.30. The number of hydrogen-bond donors (Lipinski definition) is 0. The molecule has 0 radical (unpaired) electrons. The van der Waals surface area contributed by atoms with Gasteiger partial charge < -0.3 is 9.47 Å². The van der Waals surface area contributed by atoms with Crippen LogP contribution < -0.4 is 0 Å². The van der Waals surface area contributed by atoms with Crippen LogP contribution in [0.2, 0.25) is 0 Å². The van der Waals surface area contributed by atoms with Crippen molar-refractivity contribution in [1.82, 2.24) is 0 Å². The van der Waals surface area contributed by atoms with Crippen LogP contribution in [0.5, 0.6) is 0 Å². The Hall–Kier alpha value is -1.06. The van der Waals surface area contributed by atoms with E-state index in [2.05, 4.69) is 18.6 Å². The maximum absolute atomic E-state index is 11.2. The molecule has 0 bridgehead atoms. The summed E-state index contributed by atoms with van der Waals surface area (Å²) in [6.07, 6.45) is 4.49. The normalized spacial score (nSPS) is 22.9. The van der Waals surface area contributed by atoms with E-state index in [0.717, 1.165) is 19.3 Å². The first-order chi connectivity index (χ1) is 7.94. The predicted octanol–water partition coefficient (Wildman–Crippen LogP) is 2.31. The summed E-state index contributed by atoms with van der Waals surface area (Å²) in [4.78, 5) is 22.3. The van der Waals surface area contributed by atoms with Crippen LogP contribution in [0.3, 0.4) is 0 Å². The van der Waals surface area contributed by atoms with Crippen LogP contribution >= 0.6 is 0 Å². The van der Waals surface area contributed by atoms with Gasteiger partial charge >= 0.3 is 11.9 Å². The van der Waals surface area contributed by atoms with Gasteiger partial charge in [-0.15, -0.1) is 0 Å². The SMILES string of the molecule is CCOC(=O)C(=O)OCC1CCCC(C)(C)C1. The molecule has 0 saturated heterocycles. The molecule has 0 N–H and O–H groups in total. The van der Waals surface area contributed by atoms with E-state index in [9.17, 15) is 9.59 Å². The lowest BCUT2D eigenvalue weighted by atomic mass is 9.72. The zero-order chi connectivity index (χ0) is 12.9. The average molecular weight is 242 g/mol. The van der Waals surface area contributed by atoms with Crippen molar-refractivity contribution in [2.24, 2.45) is 11.3 Å². The molecule has 1 aliphatic carbocycles. The smallest absolute Gasteiger partial charge is 0.417 e. The molecule has 0 aliphatic heterocycles. The molecule has 0 amide bonds. The summed E-state index contributed by atoms with van der Waals surface area (Å²) in [5.74, 6) is -1.38. The first kappa shape index (κ1) is 14.0. The highest BCUT2D eigenvalue weighted by molar-refractivity contribution is 6.29. The van der Waals surface area contributed by atoms with Crippen LogP contribution in [-0.2, 0) is 19.1 Å². The Kier molecular flexibility index (Phi) is 4.97. The second kappa shape index (κ2) is 6.03. The van der Waals surface area contributed by atoms with E-state index in [-0.39, 0.29) is 6.61 Å². The van der Waals surface area contributed by atoms with E-state index in [0.29, 0.717) is 17.9 Å². The van der Waals surface area contributed by atoms with Gasteiger partial charge in [-0.05, 0) is 37.5 Å². The molecule has 1 atom stereocenters. The molecule has 1 rings (SSSR count). The molecule has 1 fully saturated rings. The van der Waals surface area contributed by atoms with Crippen LogP contribution in [0, 0.1) is 11.3 Å². The predicted molar refractivity (Wildman–Crippen MR) is 63.3 cm³/mol. The van der Waals surface area contributed by atoms with Gasteiger partial charge in [-0.25, -0.2) is 9.59 Å². The quantitative estimate of drug-likeness (QED) is 0.563. The average Bonchev–Trinajstić information content (AvgIpc) is 2.25. The largest absolute Gasteiger partial charge is 0.458 e. The Morgan fingerprint density at radius 2 is 1.88 bits per heavy atom. The van der Waals surface area contributed by atoms with Crippen molar-refractivity contribution in [3.63, 3.8) is 0 Å². The number of esters is 2. The highest BCUT2D eigenvalue weighted by Gasteiger charge is 2.29. The van der Waals surface area contributed by atoms with Gasteiger partial charge in [-0.3, -0.25) is 0 Å². The molecule has 0 aromatic rings. The first-order valence-corrected chi connectivity index (χ1v) is 6.28. The molecule has 1 aliphatic rings. The number of ether oxygens (including phenoxy) is 2. The molecule has 17 heavy (non-hydrogen) atoms. The third-order valence-corrected chi connectivity index (χ3v) is 3.20. The highest BCUT2D eigenvalue weighted by Crippen LogP contribution is 2.38. The summed E-state index contributed by atoms with van der Waals surface area (Å²) in [5.41, 5.74) is 0.319. The summed E-state index contributed by atoms with van der Waals surface area (Å²) >= 11 is 0. The summed E-state index contributed by atoms with van der Waals surface area (Å²) < 4.78 is 9.55. The van der Waals surface area contributed by atoms with Crippen LogP contribution in [0.4, 0.5) is 0 Å². The van der Waals surface area contributed by atoms with Gasteiger partial charge in [-0.2, -0.15) is 0 Å². The number of carbonyl (C=O) groups is 2. The van der Waals surface area contributed by atoms with Crippen molar-refractivity contribution in [2.75, 3.05) is 13.2 Å². The molecule has 4 nitrogen and oxygen atoms in total. The maximum Gasteiger partial charge on any atom is 0.417 e. The summed E-state index contributed by atoms with van der Waals surface area (Å²) in [5, 5.41) is 0. The molecular formula is C13H22O4. The lowest BCUT2D eigenvalue weighted by Crippen LogP contribution is -2.28. The molecule has 4 heteroatoms. The van der Waals surface area contributed by atoms with E-state index >= 15 is 0 Å². The molecule has 1 saturated carbocycles. The van der Waals surface area contributed by atoms with E-state index in [1.54, 1.807) is 6.92 Å². The molecule has 0 aromatic carbocycles. The fraction of sp³-hybridized carbons (Fsp3) is 0.846. The van der Waals surface area contributed by atoms with Crippen molar-refractivity contribution >= 4 is 11.9 Å². The maximum atomic E-state index is 11.2. The van der Waals surface area contributed by atoms with Crippen molar-refractivity contribution in [2.45, 2.75) is 46.5 Å². The Morgan fingerprint density at radius 1 is 1.24 bits per heavy atom. The van der Waals surface area contributed by atoms with Gasteiger partial charge in [0.25, 0.3) is 0 Å². The van der Waals surface area contributed by atoms with E-state index in [1.165, 1.54) is 6.42 Å². The Labute approximate surface area is 103 Å². The standard InChI is InChI=1S/C13H22O4/c1-4-16-11(14)12(15)17-9-10-6-5-7-13(2,3)8-10/h10H,4-9H2,1-3H3. The first-order valence-electron chi connectivity index (χ1n) is 6.28. The number of carbonyl (C=O) groups excluding carboxylic acids is 2. The highest BCUT2D eigenvalue weighted by atomic mass is 16.6. The zero-order valence-corrected chi connectivity index (χ0v) is 11.0. The van der Waals surface area contributed by atoms with Gasteiger partial charge in [0.1, 0.15) is 0 Å². The Bertz CT molecular complexity index is 283. The van der Waals surface area contributed by atoms with Gasteiger partial charge in [0.15, 0.2) is 0 Å². The minimum atomic E-state index is -0.887. The second-order valence-electron chi connectivity index (χ2n) is 5.45. The molecule has 0 aromatic heterocycles. The molecule has 1 unspecified atom stereocenters. The Morgan fingerprint density at radius 3 is 2.47 bits per heavy atom. The number of rotatable bonds is 3. The van der Waals surface area contributed by atoms with Crippen molar-refractivity contribution in [3.05, 3.63) is 0 Å². The van der Waals surface area contributed by atoms with Crippen LogP contribution in [0.1, 0.15) is 46.5 Å². The van der Waals surface area contributed by atoms with Crippen LogP contribution in [0.25, 0.3) is 0 Å². The van der Waals surface area contributed by atoms with E-state index in [4.69, 9.17) is 4.74 Å². The second-order valence-corrected chi connectivity index (χ2v) is 5.45. The van der Waals surface area contributed by atoms with Gasteiger partial charge in [0, 0.05) is 0 Å². The fourth-order valence-corrected chi connectivity index (χ4v) is 2.44. The van der Waals surface area contributed by atoms with Crippen LogP contribution in [-0.4, -0.2) is 25.2 Å². The van der Waals surface area contributed by atoms with Gasteiger partial charge in [0.2, 0.25) is 0 Å². The van der Waals surface area contributed by atoms with E-state index < -0.39 is 11.9 Å². The molecule has 98 valence electrons. The van der Waals surface area contributed by atoms with Crippen molar-refractivity contribution in [1.29, 1.82) is 0 Å². The zero-order valence-electron chi connectivity index (χ0n) is 11.0.